The molecular formula is C24H33N9O. The lowest BCUT2D eigenvalue weighted by atomic mass is 9.83. The Labute approximate surface area is 200 Å². The van der Waals surface area contributed by atoms with Crippen molar-refractivity contribution < 1.29 is 4.74 Å². The van der Waals surface area contributed by atoms with E-state index in [9.17, 15) is 0 Å². The lowest BCUT2D eigenvalue weighted by molar-refractivity contribution is 0.0649. The van der Waals surface area contributed by atoms with Crippen molar-refractivity contribution in [3.63, 3.8) is 0 Å². The fourth-order valence-corrected chi connectivity index (χ4v) is 5.22. The van der Waals surface area contributed by atoms with Crippen molar-refractivity contribution in [3.05, 3.63) is 35.8 Å². The van der Waals surface area contributed by atoms with Crippen molar-refractivity contribution in [2.45, 2.75) is 52.0 Å². The van der Waals surface area contributed by atoms with Crippen molar-refractivity contribution in [2.75, 3.05) is 37.4 Å². The van der Waals surface area contributed by atoms with Crippen molar-refractivity contribution in [1.82, 2.24) is 35.1 Å². The number of tetrazole rings is 1. The number of piperidine rings is 2. The highest BCUT2D eigenvalue weighted by Gasteiger charge is 2.32. The Balaban J connectivity index is 1.32. The Morgan fingerprint density at radius 2 is 1.97 bits per heavy atom. The van der Waals surface area contributed by atoms with Crippen LogP contribution in [0.15, 0.2) is 24.4 Å². The van der Waals surface area contributed by atoms with E-state index in [0.717, 1.165) is 29.3 Å². The largest absolute Gasteiger partial charge is 0.497 e. The molecular weight excluding hydrogens is 430 g/mol. The second-order valence-electron chi connectivity index (χ2n) is 9.29. The van der Waals surface area contributed by atoms with Gasteiger partial charge < -0.3 is 20.3 Å². The summed E-state index contributed by atoms with van der Waals surface area (Å²) < 4.78 is 7.15. The summed E-state index contributed by atoms with van der Waals surface area (Å²) in [7, 11) is 1.64. The molecule has 0 bridgehead atoms. The first-order chi connectivity index (χ1) is 16.6. The van der Waals surface area contributed by atoms with Gasteiger partial charge in [0.1, 0.15) is 11.6 Å². The number of methoxy groups -OCH3 is 1. The molecule has 2 aliphatic heterocycles. The third kappa shape index (κ3) is 4.82. The van der Waals surface area contributed by atoms with Crippen LogP contribution < -0.4 is 15.4 Å². The zero-order valence-electron chi connectivity index (χ0n) is 20.2. The number of hydrogen-bond donors (Lipinski definition) is 2. The van der Waals surface area contributed by atoms with Gasteiger partial charge in [-0.25, -0.2) is 4.98 Å². The van der Waals surface area contributed by atoms with E-state index in [1.807, 2.05) is 38.2 Å². The van der Waals surface area contributed by atoms with Crippen LogP contribution in [0, 0.1) is 19.8 Å². The van der Waals surface area contributed by atoms with E-state index in [-0.39, 0.29) is 0 Å². The van der Waals surface area contributed by atoms with Gasteiger partial charge in [-0.1, -0.05) is 6.42 Å². The van der Waals surface area contributed by atoms with Gasteiger partial charge in [0.25, 0.3) is 0 Å². The van der Waals surface area contributed by atoms with E-state index in [1.165, 1.54) is 45.2 Å². The first kappa shape index (κ1) is 22.5. The summed E-state index contributed by atoms with van der Waals surface area (Å²) in [6.07, 6.45) is 8.45. The first-order valence-electron chi connectivity index (χ1n) is 12.1. The molecule has 0 amide bonds. The van der Waals surface area contributed by atoms with Gasteiger partial charge in [-0.15, -0.1) is 5.10 Å². The second kappa shape index (κ2) is 9.92. The SMILES string of the molecule is COc1cc(Nc2ncc(C)c(NCC3CCCN4CCCCC34)n2)cc(-n2nnnc2C)c1. The Bertz CT molecular complexity index is 1130. The lowest BCUT2D eigenvalue weighted by Gasteiger charge is -2.44. The van der Waals surface area contributed by atoms with Gasteiger partial charge in [0.05, 0.1) is 12.8 Å². The van der Waals surface area contributed by atoms with Crippen molar-refractivity contribution in [1.29, 1.82) is 0 Å². The van der Waals surface area contributed by atoms with Gasteiger partial charge in [-0.3, -0.25) is 0 Å². The van der Waals surface area contributed by atoms with Crippen LogP contribution in [0.3, 0.4) is 0 Å². The molecule has 2 aliphatic rings. The van der Waals surface area contributed by atoms with Crippen LogP contribution in [-0.4, -0.2) is 67.9 Å². The molecule has 0 radical (unpaired) electrons. The number of fused-ring (bicyclic) bond motifs is 1. The van der Waals surface area contributed by atoms with Crippen LogP contribution in [0.2, 0.25) is 0 Å². The fraction of sp³-hybridized carbons (Fsp3) is 0.542. The molecule has 34 heavy (non-hydrogen) atoms. The van der Waals surface area contributed by atoms with E-state index in [0.29, 0.717) is 29.5 Å². The topological polar surface area (TPSA) is 106 Å². The average molecular weight is 464 g/mol. The third-order valence-corrected chi connectivity index (χ3v) is 6.99. The van der Waals surface area contributed by atoms with Gasteiger partial charge in [-0.2, -0.15) is 9.67 Å². The van der Waals surface area contributed by atoms with Gasteiger partial charge in [0.15, 0.2) is 5.82 Å². The molecule has 2 fully saturated rings. The van der Waals surface area contributed by atoms with Gasteiger partial charge >= 0.3 is 0 Å². The summed E-state index contributed by atoms with van der Waals surface area (Å²) in [6, 6.07) is 6.44. The van der Waals surface area contributed by atoms with Crippen LogP contribution in [0.4, 0.5) is 17.5 Å². The molecule has 10 heteroatoms. The number of nitrogens with one attached hydrogen (secondary N) is 2. The minimum atomic E-state index is 0.531. The van der Waals surface area contributed by atoms with Crippen LogP contribution >= 0.6 is 0 Å². The molecule has 3 aromatic rings. The number of aryl methyl sites for hydroxylation is 2. The molecule has 2 aromatic heterocycles. The zero-order valence-corrected chi connectivity index (χ0v) is 20.2. The third-order valence-electron chi connectivity index (χ3n) is 6.99. The van der Waals surface area contributed by atoms with Crippen LogP contribution in [0.1, 0.15) is 43.5 Å². The molecule has 180 valence electrons. The van der Waals surface area contributed by atoms with Crippen LogP contribution in [0.5, 0.6) is 5.75 Å². The Hall–Kier alpha value is -3.27. The average Bonchev–Trinajstić information content (AvgIpc) is 3.30. The normalized spacial score (nSPS) is 20.6. The highest BCUT2D eigenvalue weighted by atomic mass is 16.5. The smallest absolute Gasteiger partial charge is 0.229 e. The Morgan fingerprint density at radius 3 is 2.79 bits per heavy atom. The minimum Gasteiger partial charge on any atom is -0.497 e. The lowest BCUT2D eigenvalue weighted by Crippen LogP contribution is -2.49. The van der Waals surface area contributed by atoms with Crippen LogP contribution in [0.25, 0.3) is 5.69 Å². The summed E-state index contributed by atoms with van der Waals surface area (Å²) in [6.45, 7) is 7.36. The number of hydrogen-bond acceptors (Lipinski definition) is 9. The predicted molar refractivity (Wildman–Crippen MR) is 131 cm³/mol. The van der Waals surface area contributed by atoms with E-state index in [1.54, 1.807) is 11.8 Å². The summed E-state index contributed by atoms with van der Waals surface area (Å²) >= 11 is 0. The Morgan fingerprint density at radius 1 is 1.09 bits per heavy atom. The van der Waals surface area contributed by atoms with Gasteiger partial charge in [0.2, 0.25) is 5.95 Å². The zero-order chi connectivity index (χ0) is 23.5. The molecule has 10 nitrogen and oxygen atoms in total. The van der Waals surface area contributed by atoms with E-state index < -0.39 is 0 Å². The summed E-state index contributed by atoms with van der Waals surface area (Å²) in [5.41, 5.74) is 2.63. The molecule has 2 atom stereocenters. The van der Waals surface area contributed by atoms with E-state index >= 15 is 0 Å². The van der Waals surface area contributed by atoms with Crippen molar-refractivity contribution >= 4 is 17.5 Å². The maximum atomic E-state index is 5.48. The number of benzene rings is 1. The molecule has 0 aliphatic carbocycles. The maximum absolute atomic E-state index is 5.48. The number of rotatable bonds is 7. The first-order valence-corrected chi connectivity index (χ1v) is 12.1. The summed E-state index contributed by atoms with van der Waals surface area (Å²) in [4.78, 5) is 12.0. The minimum absolute atomic E-state index is 0.531. The van der Waals surface area contributed by atoms with Crippen LogP contribution in [-0.2, 0) is 0 Å². The number of ether oxygens (including phenoxy) is 1. The molecule has 1 aromatic carbocycles. The van der Waals surface area contributed by atoms with Crippen molar-refractivity contribution in [3.8, 4) is 11.4 Å². The quantitative estimate of drug-likeness (QED) is 0.544. The summed E-state index contributed by atoms with van der Waals surface area (Å²) in [5, 5.41) is 18.7. The fourth-order valence-electron chi connectivity index (χ4n) is 5.22. The standard InChI is InChI=1S/C24H33N9O/c1-16-14-26-24(27-19-11-20(13-21(12-19)34-3)33-17(2)29-30-31-33)28-23(16)25-15-18-7-6-10-32-9-5-4-8-22(18)32/h11-14,18,22H,4-10,15H2,1-3H3,(H2,25,26,27,28). The van der Waals surface area contributed by atoms with Gasteiger partial charge in [0, 0.05) is 42.2 Å². The molecule has 0 spiro atoms. The maximum Gasteiger partial charge on any atom is 0.229 e. The highest BCUT2D eigenvalue weighted by molar-refractivity contribution is 5.62. The molecule has 4 heterocycles. The molecule has 2 unspecified atom stereocenters. The monoisotopic (exact) mass is 463 g/mol. The second-order valence-corrected chi connectivity index (χ2v) is 9.29. The molecule has 2 saturated heterocycles. The number of anilines is 3. The summed E-state index contributed by atoms with van der Waals surface area (Å²) in [5.74, 6) is 3.46. The number of aromatic nitrogens is 6. The highest BCUT2D eigenvalue weighted by Crippen LogP contribution is 2.31. The molecule has 5 rings (SSSR count). The molecule has 0 saturated carbocycles. The molecule has 2 N–H and O–H groups in total. The van der Waals surface area contributed by atoms with E-state index in [4.69, 9.17) is 9.72 Å². The Kier molecular flexibility index (Phi) is 6.57. The number of nitrogens with zero attached hydrogens (tertiary/aromatic N) is 7. The predicted octanol–water partition coefficient (Wildman–Crippen LogP) is 3.50. The van der Waals surface area contributed by atoms with Gasteiger partial charge in [-0.05, 0) is 75.0 Å². The van der Waals surface area contributed by atoms with E-state index in [2.05, 4.69) is 36.0 Å². The van der Waals surface area contributed by atoms with Crippen molar-refractivity contribution in [2.24, 2.45) is 5.92 Å².